The molecule has 1 rings (SSSR count). The van der Waals surface area contributed by atoms with Crippen molar-refractivity contribution < 1.29 is 34.2 Å². The lowest BCUT2D eigenvalue weighted by molar-refractivity contribution is -0.144. The summed E-state index contributed by atoms with van der Waals surface area (Å²) in [6, 6.07) is -4.35. The first kappa shape index (κ1) is 26.0. The Morgan fingerprint density at radius 1 is 1.20 bits per heavy atom. The van der Waals surface area contributed by atoms with Gasteiger partial charge in [0.1, 0.15) is 18.1 Å². The maximum absolute atomic E-state index is 12.9. The maximum Gasteiger partial charge on any atom is 0.326 e. The van der Waals surface area contributed by atoms with Gasteiger partial charge < -0.3 is 31.5 Å². The van der Waals surface area contributed by atoms with Crippen LogP contribution in [-0.4, -0.2) is 93.2 Å². The van der Waals surface area contributed by atoms with Crippen molar-refractivity contribution in [1.82, 2.24) is 15.5 Å². The first-order valence-corrected chi connectivity index (χ1v) is 11.4. The molecule has 170 valence electrons. The van der Waals surface area contributed by atoms with Crippen molar-refractivity contribution in [3.63, 3.8) is 0 Å². The van der Waals surface area contributed by atoms with Gasteiger partial charge in [-0.1, -0.05) is 0 Å². The summed E-state index contributed by atoms with van der Waals surface area (Å²) in [5.41, 5.74) is 5.51. The summed E-state index contributed by atoms with van der Waals surface area (Å²) in [5, 5.41) is 22.9. The van der Waals surface area contributed by atoms with Gasteiger partial charge in [0.05, 0.1) is 12.5 Å². The normalized spacial score (nSPS) is 18.9. The predicted molar refractivity (Wildman–Crippen MR) is 113 cm³/mol. The van der Waals surface area contributed by atoms with Crippen molar-refractivity contribution in [3.8, 4) is 0 Å². The number of carboxylic acids is 2. The molecule has 1 saturated heterocycles. The van der Waals surface area contributed by atoms with Crippen molar-refractivity contribution in [1.29, 1.82) is 0 Å². The molecule has 1 aliphatic heterocycles. The van der Waals surface area contributed by atoms with E-state index in [1.807, 2.05) is 6.26 Å². The van der Waals surface area contributed by atoms with Gasteiger partial charge in [-0.2, -0.15) is 24.4 Å². The van der Waals surface area contributed by atoms with Crippen LogP contribution >= 0.6 is 24.4 Å². The molecule has 0 aromatic heterocycles. The molecule has 0 saturated carbocycles. The van der Waals surface area contributed by atoms with Crippen LogP contribution < -0.4 is 16.4 Å². The number of nitrogens with one attached hydrogen (secondary N) is 2. The summed E-state index contributed by atoms with van der Waals surface area (Å²) in [7, 11) is 0. The second kappa shape index (κ2) is 12.6. The SMILES string of the molecule is CSCCC(NC(=O)C1CCCN1C(=O)C(CS)NC(=O)C(N)CC(=O)O)C(=O)O. The standard InChI is InChI=1S/C17H28N4O7S2/c1-30-6-4-10(17(27)28)19-15(25)12-3-2-5-21(12)16(26)11(8-29)20-14(24)9(18)7-13(22)23/h9-12,29H,2-8,18H2,1H3,(H,19,25)(H,20,24)(H,22,23)(H,27,28). The van der Waals surface area contributed by atoms with Gasteiger partial charge in [0.15, 0.2) is 0 Å². The predicted octanol–water partition coefficient (Wildman–Crippen LogP) is -1.48. The zero-order chi connectivity index (χ0) is 22.8. The van der Waals surface area contributed by atoms with Gasteiger partial charge in [0, 0.05) is 12.3 Å². The Morgan fingerprint density at radius 3 is 2.40 bits per heavy atom. The number of nitrogens with zero attached hydrogens (tertiary/aromatic N) is 1. The number of thioether (sulfide) groups is 1. The van der Waals surface area contributed by atoms with Gasteiger partial charge in [0.2, 0.25) is 17.7 Å². The Hall–Kier alpha value is -1.99. The Morgan fingerprint density at radius 2 is 1.87 bits per heavy atom. The molecular formula is C17H28N4O7S2. The van der Waals surface area contributed by atoms with Crippen molar-refractivity contribution in [2.45, 2.75) is 49.9 Å². The van der Waals surface area contributed by atoms with Crippen LogP contribution in [0.1, 0.15) is 25.7 Å². The van der Waals surface area contributed by atoms with Gasteiger partial charge in [0.25, 0.3) is 0 Å². The molecule has 6 N–H and O–H groups in total. The summed E-state index contributed by atoms with van der Waals surface area (Å²) < 4.78 is 0. The molecule has 1 aliphatic rings. The highest BCUT2D eigenvalue weighted by Gasteiger charge is 2.38. The molecule has 0 spiro atoms. The summed E-state index contributed by atoms with van der Waals surface area (Å²) in [6.07, 6.45) is 2.38. The molecule has 3 amide bonds. The van der Waals surface area contributed by atoms with E-state index in [2.05, 4.69) is 23.3 Å². The number of amides is 3. The fraction of sp³-hybridized carbons (Fsp3) is 0.706. The average molecular weight is 465 g/mol. The summed E-state index contributed by atoms with van der Waals surface area (Å²) in [6.45, 7) is 0.265. The van der Waals surface area contributed by atoms with Crippen LogP contribution in [0.2, 0.25) is 0 Å². The van der Waals surface area contributed by atoms with E-state index >= 15 is 0 Å². The Kier molecular flexibility index (Phi) is 11.0. The van der Waals surface area contributed by atoms with E-state index in [1.54, 1.807) is 0 Å². The monoisotopic (exact) mass is 464 g/mol. The molecule has 1 fully saturated rings. The third kappa shape index (κ3) is 7.69. The number of rotatable bonds is 12. The van der Waals surface area contributed by atoms with Crippen LogP contribution in [0.4, 0.5) is 0 Å². The topological polar surface area (TPSA) is 179 Å². The quantitative estimate of drug-likeness (QED) is 0.188. The highest BCUT2D eigenvalue weighted by Crippen LogP contribution is 2.19. The third-order valence-electron chi connectivity index (χ3n) is 4.59. The van der Waals surface area contributed by atoms with E-state index in [0.29, 0.717) is 18.6 Å². The van der Waals surface area contributed by atoms with Crippen LogP contribution in [0, 0.1) is 0 Å². The Balaban J connectivity index is 2.80. The minimum atomic E-state index is -1.33. The number of thiol groups is 1. The lowest BCUT2D eigenvalue weighted by Crippen LogP contribution is -2.57. The van der Waals surface area contributed by atoms with Crippen LogP contribution in [0.3, 0.4) is 0 Å². The number of nitrogens with two attached hydrogens (primary N) is 1. The maximum atomic E-state index is 12.9. The number of carbonyl (C=O) groups is 5. The number of hydrogen-bond acceptors (Lipinski definition) is 8. The molecule has 1 heterocycles. The molecule has 0 aromatic carbocycles. The largest absolute Gasteiger partial charge is 0.481 e. The molecular weight excluding hydrogens is 436 g/mol. The number of aliphatic carboxylic acids is 2. The summed E-state index contributed by atoms with van der Waals surface area (Å²) in [5.74, 6) is -3.88. The highest BCUT2D eigenvalue weighted by molar-refractivity contribution is 7.98. The van der Waals surface area contributed by atoms with Crippen molar-refractivity contribution >= 4 is 54.1 Å². The molecule has 0 bridgehead atoms. The molecule has 13 heteroatoms. The van der Waals surface area contributed by atoms with Crippen LogP contribution in [-0.2, 0) is 24.0 Å². The number of hydrogen-bond donors (Lipinski definition) is 6. The van der Waals surface area contributed by atoms with Gasteiger partial charge in [-0.25, -0.2) is 4.79 Å². The van der Waals surface area contributed by atoms with E-state index in [9.17, 15) is 29.1 Å². The number of carboxylic acid groups (broad SMARTS) is 2. The van der Waals surface area contributed by atoms with E-state index in [1.165, 1.54) is 16.7 Å². The molecule has 0 aromatic rings. The zero-order valence-corrected chi connectivity index (χ0v) is 18.3. The van der Waals surface area contributed by atoms with E-state index in [4.69, 9.17) is 10.8 Å². The molecule has 4 unspecified atom stereocenters. The first-order valence-electron chi connectivity index (χ1n) is 9.33. The molecule has 11 nitrogen and oxygen atoms in total. The average Bonchev–Trinajstić information content (AvgIpc) is 3.17. The zero-order valence-electron chi connectivity index (χ0n) is 16.6. The Labute approximate surface area is 183 Å². The third-order valence-corrected chi connectivity index (χ3v) is 5.60. The first-order chi connectivity index (χ1) is 14.1. The molecule has 0 radical (unpaired) electrons. The fourth-order valence-corrected chi connectivity index (χ4v) is 3.73. The van der Waals surface area contributed by atoms with Crippen LogP contribution in [0.15, 0.2) is 0 Å². The van der Waals surface area contributed by atoms with Gasteiger partial charge >= 0.3 is 11.9 Å². The van der Waals surface area contributed by atoms with Crippen molar-refractivity contribution in [2.24, 2.45) is 5.73 Å². The number of likely N-dealkylation sites (tertiary alicyclic amines) is 1. The lowest BCUT2D eigenvalue weighted by atomic mass is 10.1. The van der Waals surface area contributed by atoms with E-state index < -0.39 is 60.2 Å². The highest BCUT2D eigenvalue weighted by atomic mass is 32.2. The molecule has 30 heavy (non-hydrogen) atoms. The molecule has 4 atom stereocenters. The smallest absolute Gasteiger partial charge is 0.326 e. The van der Waals surface area contributed by atoms with Gasteiger partial charge in [-0.15, -0.1) is 0 Å². The van der Waals surface area contributed by atoms with Gasteiger partial charge in [-0.05, 0) is 31.3 Å². The fourth-order valence-electron chi connectivity index (χ4n) is 3.01. The molecule has 0 aliphatic carbocycles. The van der Waals surface area contributed by atoms with Crippen molar-refractivity contribution in [3.05, 3.63) is 0 Å². The second-order valence-corrected chi connectivity index (χ2v) is 8.17. The van der Waals surface area contributed by atoms with E-state index in [0.717, 1.165) is 0 Å². The summed E-state index contributed by atoms with van der Waals surface area (Å²) >= 11 is 5.52. The van der Waals surface area contributed by atoms with Gasteiger partial charge in [-0.3, -0.25) is 19.2 Å². The number of carbonyl (C=O) groups excluding carboxylic acids is 3. The van der Waals surface area contributed by atoms with Crippen LogP contribution in [0.25, 0.3) is 0 Å². The lowest BCUT2D eigenvalue weighted by Gasteiger charge is -2.29. The van der Waals surface area contributed by atoms with Crippen LogP contribution in [0.5, 0.6) is 0 Å². The summed E-state index contributed by atoms with van der Waals surface area (Å²) in [4.78, 5) is 60.9. The van der Waals surface area contributed by atoms with E-state index in [-0.39, 0.29) is 18.7 Å². The second-order valence-electron chi connectivity index (χ2n) is 6.82. The minimum Gasteiger partial charge on any atom is -0.481 e. The minimum absolute atomic E-state index is 0.0827. The van der Waals surface area contributed by atoms with Crippen molar-refractivity contribution in [2.75, 3.05) is 24.3 Å². The Bertz CT molecular complexity index is 664.